The van der Waals surface area contributed by atoms with Gasteiger partial charge in [-0.25, -0.2) is 4.68 Å². The monoisotopic (exact) mass is 409 g/mol. The number of imide groups is 1. The summed E-state index contributed by atoms with van der Waals surface area (Å²) in [5, 5.41) is 11.0. The summed E-state index contributed by atoms with van der Waals surface area (Å²) in [6.45, 7) is 1.90. The van der Waals surface area contributed by atoms with E-state index in [-0.39, 0.29) is 18.2 Å². The van der Waals surface area contributed by atoms with E-state index in [0.29, 0.717) is 24.4 Å². The fourth-order valence-corrected chi connectivity index (χ4v) is 4.54. The largest absolute Gasteiger partial charge is 0.381 e. The van der Waals surface area contributed by atoms with Gasteiger partial charge >= 0.3 is 0 Å². The zero-order valence-electron chi connectivity index (χ0n) is 16.5. The summed E-state index contributed by atoms with van der Waals surface area (Å²) in [7, 11) is 0. The normalized spacial score (nSPS) is 22.3. The number of rotatable bonds is 4. The lowest BCUT2D eigenvalue weighted by atomic mass is 9.95. The van der Waals surface area contributed by atoms with Crippen LogP contribution in [0.25, 0.3) is 5.69 Å². The van der Waals surface area contributed by atoms with Gasteiger partial charge in [-0.3, -0.25) is 19.7 Å². The van der Waals surface area contributed by atoms with Gasteiger partial charge in [0.15, 0.2) is 0 Å². The fourth-order valence-electron chi connectivity index (χ4n) is 4.54. The highest BCUT2D eigenvalue weighted by atomic mass is 16.5. The fraction of sp³-hybridized carbons (Fsp3) is 0.476. The molecule has 0 spiro atoms. The number of carbonyl (C=O) groups is 3. The Morgan fingerprint density at radius 2 is 1.97 bits per heavy atom. The molecule has 9 heteroatoms. The maximum Gasteiger partial charge on any atom is 0.255 e. The first-order chi connectivity index (χ1) is 14.6. The van der Waals surface area contributed by atoms with Crippen LogP contribution >= 0.6 is 0 Å². The van der Waals surface area contributed by atoms with Crippen molar-refractivity contribution in [2.45, 2.75) is 44.7 Å². The number of amides is 3. The van der Waals surface area contributed by atoms with Crippen molar-refractivity contribution in [3.63, 3.8) is 0 Å². The van der Waals surface area contributed by atoms with E-state index in [4.69, 9.17) is 4.74 Å². The van der Waals surface area contributed by atoms with Crippen LogP contribution in [0.1, 0.15) is 47.3 Å². The van der Waals surface area contributed by atoms with Gasteiger partial charge in [0.25, 0.3) is 5.91 Å². The number of carbonyl (C=O) groups excluding carboxylic acids is 3. The van der Waals surface area contributed by atoms with Crippen LogP contribution in [0.4, 0.5) is 0 Å². The summed E-state index contributed by atoms with van der Waals surface area (Å²) < 4.78 is 7.14. The Balaban J connectivity index is 1.38. The highest BCUT2D eigenvalue weighted by Crippen LogP contribution is 2.31. The average Bonchev–Trinajstić information content (AvgIpc) is 3.34. The zero-order chi connectivity index (χ0) is 20.7. The number of nitrogens with zero attached hydrogens (tertiary/aromatic N) is 4. The molecule has 0 saturated carbocycles. The van der Waals surface area contributed by atoms with E-state index >= 15 is 0 Å². The van der Waals surface area contributed by atoms with E-state index in [1.165, 1.54) is 0 Å². The third-order valence-electron chi connectivity index (χ3n) is 6.18. The molecule has 1 aromatic heterocycles. The number of benzene rings is 1. The van der Waals surface area contributed by atoms with Gasteiger partial charge in [-0.2, -0.15) is 0 Å². The second-order valence-corrected chi connectivity index (χ2v) is 8.12. The minimum absolute atomic E-state index is 0.191. The van der Waals surface area contributed by atoms with Gasteiger partial charge in [0, 0.05) is 37.3 Å². The molecule has 3 amide bonds. The number of nitrogens with one attached hydrogen (secondary N) is 1. The Morgan fingerprint density at radius 1 is 1.13 bits per heavy atom. The second kappa shape index (κ2) is 7.64. The molecule has 3 aliphatic rings. The van der Waals surface area contributed by atoms with Crippen LogP contribution in [-0.2, 0) is 27.3 Å². The van der Waals surface area contributed by atoms with Gasteiger partial charge in [0.2, 0.25) is 11.8 Å². The van der Waals surface area contributed by atoms with E-state index in [0.717, 1.165) is 49.4 Å². The van der Waals surface area contributed by atoms with Crippen molar-refractivity contribution in [2.75, 3.05) is 13.2 Å². The smallest absolute Gasteiger partial charge is 0.255 e. The molecule has 3 aliphatic heterocycles. The first-order valence-electron chi connectivity index (χ1n) is 10.4. The Hall–Kier alpha value is -3.07. The number of aromatic nitrogens is 3. The van der Waals surface area contributed by atoms with Crippen molar-refractivity contribution < 1.29 is 19.1 Å². The van der Waals surface area contributed by atoms with Gasteiger partial charge in [0.05, 0.1) is 17.6 Å². The third-order valence-corrected chi connectivity index (χ3v) is 6.18. The predicted molar refractivity (Wildman–Crippen MR) is 105 cm³/mol. The molecule has 2 saturated heterocycles. The Labute approximate surface area is 173 Å². The standard InChI is InChI=1S/C21H23N5O4/c27-19-5-4-18(20(28)22-19)25-12-16-15(21(25)29)2-1-3-17(16)26-11-14(23-24-26)10-13-6-8-30-9-7-13/h1-3,11,13,18H,4-10,12H2,(H,22,27,28). The maximum absolute atomic E-state index is 13.0. The van der Waals surface area contributed by atoms with Crippen LogP contribution in [0.5, 0.6) is 0 Å². The van der Waals surface area contributed by atoms with Crippen molar-refractivity contribution in [3.05, 3.63) is 41.2 Å². The Morgan fingerprint density at radius 3 is 2.77 bits per heavy atom. The van der Waals surface area contributed by atoms with E-state index in [9.17, 15) is 14.4 Å². The summed E-state index contributed by atoms with van der Waals surface area (Å²) in [5.74, 6) is -0.340. The highest BCUT2D eigenvalue weighted by Gasteiger charge is 2.40. The average molecular weight is 409 g/mol. The van der Waals surface area contributed by atoms with E-state index in [1.54, 1.807) is 15.6 Å². The molecule has 4 heterocycles. The number of fused-ring (bicyclic) bond motifs is 1. The highest BCUT2D eigenvalue weighted by molar-refractivity contribution is 6.05. The number of ether oxygens (including phenoxy) is 1. The van der Waals surface area contributed by atoms with E-state index < -0.39 is 11.9 Å². The first kappa shape index (κ1) is 18.9. The number of piperidine rings is 1. The van der Waals surface area contributed by atoms with Crippen molar-refractivity contribution in [2.24, 2.45) is 5.92 Å². The van der Waals surface area contributed by atoms with Crippen LogP contribution in [0.3, 0.4) is 0 Å². The van der Waals surface area contributed by atoms with E-state index in [2.05, 4.69) is 15.6 Å². The molecule has 2 aromatic rings. The lowest BCUT2D eigenvalue weighted by molar-refractivity contribution is -0.136. The lowest BCUT2D eigenvalue weighted by Crippen LogP contribution is -2.52. The zero-order valence-corrected chi connectivity index (χ0v) is 16.5. The maximum atomic E-state index is 13.0. The van der Waals surface area contributed by atoms with Crippen LogP contribution in [0.2, 0.25) is 0 Å². The number of hydrogen-bond donors (Lipinski definition) is 1. The number of hydrogen-bond acceptors (Lipinski definition) is 6. The lowest BCUT2D eigenvalue weighted by Gasteiger charge is -2.29. The van der Waals surface area contributed by atoms with E-state index in [1.807, 2.05) is 18.3 Å². The molecule has 0 radical (unpaired) electrons. The van der Waals surface area contributed by atoms with Crippen molar-refractivity contribution >= 4 is 17.7 Å². The summed E-state index contributed by atoms with van der Waals surface area (Å²) in [6.07, 6.45) is 5.43. The molecule has 2 fully saturated rings. The predicted octanol–water partition coefficient (Wildman–Crippen LogP) is 0.997. The first-order valence-corrected chi connectivity index (χ1v) is 10.4. The minimum Gasteiger partial charge on any atom is -0.381 e. The van der Waals surface area contributed by atoms with Crippen LogP contribution in [-0.4, -0.2) is 56.9 Å². The van der Waals surface area contributed by atoms with Gasteiger partial charge < -0.3 is 9.64 Å². The van der Waals surface area contributed by atoms with Gasteiger partial charge in [0.1, 0.15) is 6.04 Å². The van der Waals surface area contributed by atoms with Crippen molar-refractivity contribution in [1.29, 1.82) is 0 Å². The second-order valence-electron chi connectivity index (χ2n) is 8.12. The third kappa shape index (κ3) is 3.39. The molecule has 30 heavy (non-hydrogen) atoms. The quantitative estimate of drug-likeness (QED) is 0.755. The molecule has 156 valence electrons. The molecule has 9 nitrogen and oxygen atoms in total. The topological polar surface area (TPSA) is 106 Å². The molecular weight excluding hydrogens is 386 g/mol. The Kier molecular flexibility index (Phi) is 4.82. The minimum atomic E-state index is -0.629. The molecule has 1 aromatic carbocycles. The van der Waals surface area contributed by atoms with Crippen molar-refractivity contribution in [3.8, 4) is 5.69 Å². The van der Waals surface area contributed by atoms with Crippen molar-refractivity contribution in [1.82, 2.24) is 25.2 Å². The van der Waals surface area contributed by atoms with Gasteiger partial charge in [-0.1, -0.05) is 11.3 Å². The summed E-state index contributed by atoms with van der Waals surface area (Å²) >= 11 is 0. The summed E-state index contributed by atoms with van der Waals surface area (Å²) in [5.41, 5.74) is 3.11. The summed E-state index contributed by atoms with van der Waals surface area (Å²) in [4.78, 5) is 38.3. The molecule has 1 unspecified atom stereocenters. The molecule has 1 N–H and O–H groups in total. The van der Waals surface area contributed by atoms with Crippen LogP contribution < -0.4 is 5.32 Å². The van der Waals surface area contributed by atoms with Crippen LogP contribution in [0.15, 0.2) is 24.4 Å². The molecule has 5 rings (SSSR count). The van der Waals surface area contributed by atoms with Gasteiger partial charge in [-0.15, -0.1) is 5.10 Å². The SMILES string of the molecule is O=C1CCC(N2Cc3c(cccc3-n3cc(CC4CCOCC4)nn3)C2=O)C(=O)N1. The van der Waals surface area contributed by atoms with Crippen LogP contribution in [0, 0.1) is 5.92 Å². The molecule has 1 atom stereocenters. The summed E-state index contributed by atoms with van der Waals surface area (Å²) in [6, 6.07) is 4.87. The molecule has 0 bridgehead atoms. The Bertz CT molecular complexity index is 1010. The van der Waals surface area contributed by atoms with Gasteiger partial charge in [-0.05, 0) is 43.7 Å². The molecule has 0 aliphatic carbocycles. The molecular formula is C21H23N5O4.